The standard InChI is InChI=1S/C17H17NO3/c1-2-21-17(20)11-16(19)15-8-9-18-12-14(15)10-13-6-4-3-5-7-13/h3-9,12H,2,10-11H2,1H3. The van der Waals surface area contributed by atoms with Crippen LogP contribution in [-0.2, 0) is 16.0 Å². The van der Waals surface area contributed by atoms with E-state index in [2.05, 4.69) is 4.98 Å². The number of Topliss-reactive ketones (excluding diaryl/α,β-unsaturated/α-hetero) is 1. The summed E-state index contributed by atoms with van der Waals surface area (Å²) >= 11 is 0. The van der Waals surface area contributed by atoms with Gasteiger partial charge in [-0.2, -0.15) is 0 Å². The lowest BCUT2D eigenvalue weighted by molar-refractivity contribution is -0.141. The second-order valence-corrected chi connectivity index (χ2v) is 4.60. The van der Waals surface area contributed by atoms with Crippen molar-refractivity contribution in [3.8, 4) is 0 Å². The number of ether oxygens (including phenoxy) is 1. The molecule has 0 radical (unpaired) electrons. The van der Waals surface area contributed by atoms with Gasteiger partial charge in [0.2, 0.25) is 0 Å². The van der Waals surface area contributed by atoms with E-state index in [-0.39, 0.29) is 18.8 Å². The van der Waals surface area contributed by atoms with Crippen molar-refractivity contribution in [1.29, 1.82) is 0 Å². The van der Waals surface area contributed by atoms with Crippen LogP contribution in [0.4, 0.5) is 0 Å². The number of hydrogen-bond acceptors (Lipinski definition) is 4. The van der Waals surface area contributed by atoms with Gasteiger partial charge in [0.1, 0.15) is 6.42 Å². The molecule has 108 valence electrons. The van der Waals surface area contributed by atoms with Gasteiger partial charge < -0.3 is 4.74 Å². The lowest BCUT2D eigenvalue weighted by Gasteiger charge is -2.08. The third-order valence-electron chi connectivity index (χ3n) is 3.05. The highest BCUT2D eigenvalue weighted by molar-refractivity contribution is 6.06. The fourth-order valence-corrected chi connectivity index (χ4v) is 2.09. The molecule has 0 amide bonds. The fraction of sp³-hybridized carbons (Fsp3) is 0.235. The zero-order chi connectivity index (χ0) is 15.1. The molecule has 0 fully saturated rings. The van der Waals surface area contributed by atoms with Gasteiger partial charge >= 0.3 is 5.97 Å². The van der Waals surface area contributed by atoms with E-state index in [9.17, 15) is 9.59 Å². The van der Waals surface area contributed by atoms with Crippen molar-refractivity contribution in [2.45, 2.75) is 19.8 Å². The summed E-state index contributed by atoms with van der Waals surface area (Å²) in [6.07, 6.45) is 3.61. The predicted octanol–water partition coefficient (Wildman–Crippen LogP) is 2.81. The molecule has 0 N–H and O–H groups in total. The molecule has 0 aliphatic carbocycles. The molecule has 0 saturated heterocycles. The summed E-state index contributed by atoms with van der Waals surface area (Å²) < 4.78 is 4.82. The fourth-order valence-electron chi connectivity index (χ4n) is 2.09. The number of ketones is 1. The summed E-state index contributed by atoms with van der Waals surface area (Å²) in [6, 6.07) is 11.5. The average molecular weight is 283 g/mol. The highest BCUT2D eigenvalue weighted by atomic mass is 16.5. The van der Waals surface area contributed by atoms with Crippen LogP contribution in [0.1, 0.15) is 34.8 Å². The van der Waals surface area contributed by atoms with E-state index in [0.29, 0.717) is 12.0 Å². The summed E-state index contributed by atoms with van der Waals surface area (Å²) in [5.74, 6) is -0.730. The second-order valence-electron chi connectivity index (χ2n) is 4.60. The number of nitrogens with zero attached hydrogens (tertiary/aromatic N) is 1. The molecule has 0 aliphatic rings. The molecule has 1 heterocycles. The number of rotatable bonds is 6. The summed E-state index contributed by atoms with van der Waals surface area (Å²) in [7, 11) is 0. The van der Waals surface area contributed by atoms with Gasteiger partial charge in [0.25, 0.3) is 0 Å². The van der Waals surface area contributed by atoms with Crippen LogP contribution < -0.4 is 0 Å². The van der Waals surface area contributed by atoms with Crippen molar-refractivity contribution >= 4 is 11.8 Å². The third-order valence-corrected chi connectivity index (χ3v) is 3.05. The van der Waals surface area contributed by atoms with Crippen LogP contribution in [0.25, 0.3) is 0 Å². The number of carbonyl (C=O) groups is 2. The zero-order valence-electron chi connectivity index (χ0n) is 11.9. The molecule has 2 aromatic rings. The van der Waals surface area contributed by atoms with Gasteiger partial charge in [-0.05, 0) is 30.5 Å². The van der Waals surface area contributed by atoms with Crippen LogP contribution in [0, 0.1) is 0 Å². The number of aromatic nitrogens is 1. The molecule has 0 unspecified atom stereocenters. The Labute approximate surface area is 123 Å². The average Bonchev–Trinajstić information content (AvgIpc) is 2.49. The third kappa shape index (κ3) is 4.24. The Morgan fingerprint density at radius 2 is 1.90 bits per heavy atom. The van der Waals surface area contributed by atoms with E-state index >= 15 is 0 Å². The Balaban J connectivity index is 2.17. The zero-order valence-corrected chi connectivity index (χ0v) is 11.9. The number of hydrogen-bond donors (Lipinski definition) is 0. The largest absolute Gasteiger partial charge is 0.466 e. The predicted molar refractivity (Wildman–Crippen MR) is 79.1 cm³/mol. The molecule has 2 rings (SSSR count). The minimum Gasteiger partial charge on any atom is -0.466 e. The molecular formula is C17H17NO3. The quantitative estimate of drug-likeness (QED) is 0.465. The van der Waals surface area contributed by atoms with Crippen LogP contribution in [0.2, 0.25) is 0 Å². The van der Waals surface area contributed by atoms with Crippen molar-refractivity contribution in [1.82, 2.24) is 4.98 Å². The summed E-state index contributed by atoms with van der Waals surface area (Å²) in [4.78, 5) is 27.7. The Bertz CT molecular complexity index is 623. The van der Waals surface area contributed by atoms with Gasteiger partial charge in [0.05, 0.1) is 6.61 Å². The van der Waals surface area contributed by atoms with E-state index in [4.69, 9.17) is 4.74 Å². The minimum absolute atomic E-state index is 0.234. The molecule has 0 atom stereocenters. The Kier molecular flexibility index (Phi) is 5.21. The van der Waals surface area contributed by atoms with Crippen molar-refractivity contribution in [2.75, 3.05) is 6.61 Å². The summed E-state index contributed by atoms with van der Waals surface area (Å²) in [5.41, 5.74) is 2.44. The van der Waals surface area contributed by atoms with Gasteiger partial charge in [0, 0.05) is 18.0 Å². The van der Waals surface area contributed by atoms with Crippen molar-refractivity contribution in [2.24, 2.45) is 0 Å². The molecule has 1 aromatic heterocycles. The van der Waals surface area contributed by atoms with Crippen LogP contribution in [0.3, 0.4) is 0 Å². The molecule has 0 aliphatic heterocycles. The van der Waals surface area contributed by atoms with Crippen LogP contribution in [-0.4, -0.2) is 23.3 Å². The number of esters is 1. The smallest absolute Gasteiger partial charge is 0.313 e. The first kappa shape index (κ1) is 14.9. The highest BCUT2D eigenvalue weighted by Crippen LogP contribution is 2.15. The van der Waals surface area contributed by atoms with Gasteiger partial charge in [-0.15, -0.1) is 0 Å². The normalized spacial score (nSPS) is 10.1. The summed E-state index contributed by atoms with van der Waals surface area (Å²) in [5, 5.41) is 0. The van der Waals surface area contributed by atoms with E-state index in [0.717, 1.165) is 11.1 Å². The Morgan fingerprint density at radius 3 is 2.62 bits per heavy atom. The SMILES string of the molecule is CCOC(=O)CC(=O)c1ccncc1Cc1ccccc1. The highest BCUT2D eigenvalue weighted by Gasteiger charge is 2.16. The Morgan fingerprint density at radius 1 is 1.14 bits per heavy atom. The second kappa shape index (κ2) is 7.33. The molecule has 4 nitrogen and oxygen atoms in total. The van der Waals surface area contributed by atoms with Crippen LogP contribution >= 0.6 is 0 Å². The van der Waals surface area contributed by atoms with E-state index in [1.54, 1.807) is 25.4 Å². The number of benzene rings is 1. The Hall–Kier alpha value is -2.49. The first-order valence-electron chi connectivity index (χ1n) is 6.86. The lowest BCUT2D eigenvalue weighted by Crippen LogP contribution is -2.13. The molecule has 21 heavy (non-hydrogen) atoms. The molecule has 1 aromatic carbocycles. The van der Waals surface area contributed by atoms with E-state index in [1.807, 2.05) is 30.3 Å². The van der Waals surface area contributed by atoms with E-state index in [1.165, 1.54) is 0 Å². The molecule has 0 bridgehead atoms. The van der Waals surface area contributed by atoms with Crippen molar-refractivity contribution < 1.29 is 14.3 Å². The maximum absolute atomic E-state index is 12.2. The van der Waals surface area contributed by atoms with Gasteiger partial charge in [-0.25, -0.2) is 0 Å². The van der Waals surface area contributed by atoms with Crippen LogP contribution in [0.15, 0.2) is 48.8 Å². The monoisotopic (exact) mass is 283 g/mol. The van der Waals surface area contributed by atoms with Crippen molar-refractivity contribution in [3.05, 3.63) is 65.5 Å². The van der Waals surface area contributed by atoms with Crippen molar-refractivity contribution in [3.63, 3.8) is 0 Å². The maximum Gasteiger partial charge on any atom is 0.313 e. The first-order chi connectivity index (χ1) is 10.2. The van der Waals surface area contributed by atoms with Crippen LogP contribution in [0.5, 0.6) is 0 Å². The van der Waals surface area contributed by atoms with Gasteiger partial charge in [0.15, 0.2) is 5.78 Å². The maximum atomic E-state index is 12.2. The van der Waals surface area contributed by atoms with Gasteiger partial charge in [-0.1, -0.05) is 30.3 Å². The lowest BCUT2D eigenvalue weighted by atomic mass is 9.98. The summed E-state index contributed by atoms with van der Waals surface area (Å²) in [6.45, 7) is 2.00. The first-order valence-corrected chi connectivity index (χ1v) is 6.86. The number of pyridine rings is 1. The topological polar surface area (TPSA) is 56.3 Å². The minimum atomic E-state index is -0.495. The molecular weight excluding hydrogens is 266 g/mol. The molecule has 0 saturated carbocycles. The molecule has 4 heteroatoms. The molecule has 0 spiro atoms. The number of carbonyl (C=O) groups excluding carboxylic acids is 2. The van der Waals surface area contributed by atoms with E-state index < -0.39 is 5.97 Å². The van der Waals surface area contributed by atoms with Gasteiger partial charge in [-0.3, -0.25) is 14.6 Å².